The number of nitrogens with two attached hydrogens (primary N) is 1. The van der Waals surface area contributed by atoms with Gasteiger partial charge in [-0.1, -0.05) is 29.8 Å². The number of rotatable bonds is 5. The van der Waals surface area contributed by atoms with E-state index >= 15 is 0 Å². The van der Waals surface area contributed by atoms with Crippen molar-refractivity contribution in [2.45, 2.75) is 26.0 Å². The molecule has 2 aromatic rings. The number of hydrazine groups is 1. The molecule has 0 saturated heterocycles. The Morgan fingerprint density at radius 2 is 2.00 bits per heavy atom. The molecule has 102 valence electrons. The highest BCUT2D eigenvalue weighted by atomic mass is 35.5. The van der Waals surface area contributed by atoms with Gasteiger partial charge >= 0.3 is 0 Å². The Bertz CT molecular complexity index is 542. The van der Waals surface area contributed by atoms with Gasteiger partial charge in [-0.25, -0.2) is 5.43 Å². The summed E-state index contributed by atoms with van der Waals surface area (Å²) in [7, 11) is 0. The highest BCUT2D eigenvalue weighted by molar-refractivity contribution is 7.10. The van der Waals surface area contributed by atoms with Crippen LogP contribution < -0.4 is 16.0 Å². The fraction of sp³-hybridized carbons (Fsp3) is 0.286. The monoisotopic (exact) mass is 296 g/mol. The maximum absolute atomic E-state index is 6.20. The maximum Gasteiger partial charge on any atom is 0.124 e. The lowest BCUT2D eigenvalue weighted by Crippen LogP contribution is -2.29. The van der Waals surface area contributed by atoms with Crippen molar-refractivity contribution >= 4 is 22.9 Å². The molecular weight excluding hydrogens is 280 g/mol. The predicted molar refractivity (Wildman–Crippen MR) is 80.7 cm³/mol. The first-order valence-electron chi connectivity index (χ1n) is 6.08. The Morgan fingerprint density at radius 1 is 1.26 bits per heavy atom. The van der Waals surface area contributed by atoms with Crippen molar-refractivity contribution in [2.24, 2.45) is 5.84 Å². The third kappa shape index (κ3) is 3.28. The van der Waals surface area contributed by atoms with Crippen molar-refractivity contribution in [1.29, 1.82) is 0 Å². The Kier molecular flexibility index (Phi) is 4.82. The Labute approximate surface area is 122 Å². The molecule has 1 aromatic heterocycles. The lowest BCUT2D eigenvalue weighted by Gasteiger charge is -2.20. The van der Waals surface area contributed by atoms with Crippen LogP contribution in [0.2, 0.25) is 5.02 Å². The van der Waals surface area contributed by atoms with E-state index in [1.807, 2.05) is 49.6 Å². The zero-order valence-corrected chi connectivity index (χ0v) is 12.5. The Hall–Kier alpha value is -1.07. The van der Waals surface area contributed by atoms with Crippen LogP contribution in [-0.2, 0) is 0 Å². The SMILES string of the molecule is CC(C)Oc1ccccc1C(NN)c1sccc1Cl. The Balaban J connectivity index is 2.41. The summed E-state index contributed by atoms with van der Waals surface area (Å²) in [5.74, 6) is 6.53. The minimum absolute atomic E-state index is 0.110. The van der Waals surface area contributed by atoms with E-state index in [1.54, 1.807) is 11.3 Å². The molecule has 0 aliphatic rings. The quantitative estimate of drug-likeness (QED) is 0.653. The summed E-state index contributed by atoms with van der Waals surface area (Å²) in [4.78, 5) is 0.990. The van der Waals surface area contributed by atoms with E-state index in [2.05, 4.69) is 5.43 Å². The average Bonchev–Trinajstić information content (AvgIpc) is 2.78. The molecule has 1 unspecified atom stereocenters. The van der Waals surface area contributed by atoms with E-state index in [0.717, 1.165) is 16.2 Å². The molecule has 0 radical (unpaired) electrons. The molecule has 5 heteroatoms. The van der Waals surface area contributed by atoms with Crippen LogP contribution in [0.3, 0.4) is 0 Å². The minimum Gasteiger partial charge on any atom is -0.491 e. The van der Waals surface area contributed by atoms with Crippen LogP contribution >= 0.6 is 22.9 Å². The van der Waals surface area contributed by atoms with Crippen LogP contribution in [0.15, 0.2) is 35.7 Å². The molecular formula is C14H17ClN2OS. The van der Waals surface area contributed by atoms with Gasteiger partial charge in [-0.15, -0.1) is 11.3 Å². The fourth-order valence-electron chi connectivity index (χ4n) is 1.90. The van der Waals surface area contributed by atoms with E-state index in [0.29, 0.717) is 5.02 Å². The summed E-state index contributed by atoms with van der Waals surface area (Å²) in [6.45, 7) is 4.00. The molecule has 0 aliphatic heterocycles. The molecule has 19 heavy (non-hydrogen) atoms. The van der Waals surface area contributed by atoms with Crippen LogP contribution in [0.1, 0.15) is 30.3 Å². The van der Waals surface area contributed by atoms with E-state index in [4.69, 9.17) is 22.2 Å². The molecule has 0 aliphatic carbocycles. The summed E-state index contributed by atoms with van der Waals surface area (Å²) in [5.41, 5.74) is 3.81. The summed E-state index contributed by atoms with van der Waals surface area (Å²) in [6, 6.07) is 9.57. The lowest BCUT2D eigenvalue weighted by molar-refractivity contribution is 0.238. The second kappa shape index (κ2) is 6.39. The fourth-order valence-corrected chi connectivity index (χ4v) is 3.14. The first kappa shape index (κ1) is 14.3. The molecule has 0 fully saturated rings. The second-order valence-corrected chi connectivity index (χ2v) is 5.79. The van der Waals surface area contributed by atoms with Crippen molar-refractivity contribution in [3.05, 3.63) is 51.2 Å². The lowest BCUT2D eigenvalue weighted by atomic mass is 10.0. The number of hydrogen-bond donors (Lipinski definition) is 2. The third-order valence-electron chi connectivity index (χ3n) is 2.67. The maximum atomic E-state index is 6.20. The predicted octanol–water partition coefficient (Wildman–Crippen LogP) is 3.74. The summed E-state index contributed by atoms with van der Waals surface area (Å²) in [6.07, 6.45) is 0.110. The van der Waals surface area contributed by atoms with E-state index < -0.39 is 0 Å². The van der Waals surface area contributed by atoms with Gasteiger partial charge in [-0.05, 0) is 31.4 Å². The second-order valence-electron chi connectivity index (χ2n) is 4.44. The summed E-state index contributed by atoms with van der Waals surface area (Å²) in [5, 5.41) is 2.67. The molecule has 0 spiro atoms. The van der Waals surface area contributed by atoms with Gasteiger partial charge in [0, 0.05) is 10.4 Å². The normalized spacial score (nSPS) is 12.7. The minimum atomic E-state index is -0.164. The number of ether oxygens (including phenoxy) is 1. The first-order valence-corrected chi connectivity index (χ1v) is 7.34. The van der Waals surface area contributed by atoms with Crippen molar-refractivity contribution < 1.29 is 4.74 Å². The van der Waals surface area contributed by atoms with Gasteiger partial charge in [0.25, 0.3) is 0 Å². The highest BCUT2D eigenvalue weighted by Gasteiger charge is 2.20. The van der Waals surface area contributed by atoms with Crippen molar-refractivity contribution in [1.82, 2.24) is 5.43 Å². The van der Waals surface area contributed by atoms with Gasteiger partial charge in [-0.3, -0.25) is 5.84 Å². The van der Waals surface area contributed by atoms with Crippen molar-refractivity contribution in [2.75, 3.05) is 0 Å². The number of para-hydroxylation sites is 1. The molecule has 1 aromatic carbocycles. The zero-order valence-electron chi connectivity index (χ0n) is 10.9. The van der Waals surface area contributed by atoms with Crippen LogP contribution in [0, 0.1) is 0 Å². The van der Waals surface area contributed by atoms with Gasteiger partial charge in [0.05, 0.1) is 17.2 Å². The van der Waals surface area contributed by atoms with E-state index in [9.17, 15) is 0 Å². The molecule has 2 rings (SSSR count). The smallest absolute Gasteiger partial charge is 0.124 e. The molecule has 0 bridgehead atoms. The highest BCUT2D eigenvalue weighted by Crippen LogP contribution is 2.36. The molecule has 3 nitrogen and oxygen atoms in total. The number of nitrogens with one attached hydrogen (secondary N) is 1. The molecule has 1 atom stereocenters. The standard InChI is InChI=1S/C14H17ClN2OS/c1-9(2)18-12-6-4-3-5-10(12)13(17-16)14-11(15)7-8-19-14/h3-9,13,17H,16H2,1-2H3. The first-order chi connectivity index (χ1) is 9.13. The van der Waals surface area contributed by atoms with Gasteiger partial charge in [0.1, 0.15) is 5.75 Å². The summed E-state index contributed by atoms with van der Waals surface area (Å²) < 4.78 is 5.83. The largest absolute Gasteiger partial charge is 0.491 e. The number of benzene rings is 1. The van der Waals surface area contributed by atoms with E-state index in [-0.39, 0.29) is 12.1 Å². The van der Waals surface area contributed by atoms with Crippen LogP contribution in [-0.4, -0.2) is 6.10 Å². The molecule has 0 amide bonds. The Morgan fingerprint density at radius 3 is 2.58 bits per heavy atom. The van der Waals surface area contributed by atoms with Crippen molar-refractivity contribution in [3.63, 3.8) is 0 Å². The molecule has 1 heterocycles. The van der Waals surface area contributed by atoms with Gasteiger partial charge in [0.2, 0.25) is 0 Å². The average molecular weight is 297 g/mol. The van der Waals surface area contributed by atoms with Crippen molar-refractivity contribution in [3.8, 4) is 5.75 Å². The van der Waals surface area contributed by atoms with Crippen LogP contribution in [0.4, 0.5) is 0 Å². The van der Waals surface area contributed by atoms with Gasteiger partial charge in [0.15, 0.2) is 0 Å². The molecule has 0 saturated carbocycles. The summed E-state index contributed by atoms with van der Waals surface area (Å²) >= 11 is 7.77. The van der Waals surface area contributed by atoms with Gasteiger partial charge in [-0.2, -0.15) is 0 Å². The number of halogens is 1. The zero-order chi connectivity index (χ0) is 13.8. The topological polar surface area (TPSA) is 47.3 Å². The number of thiophene rings is 1. The van der Waals surface area contributed by atoms with Crippen LogP contribution in [0.25, 0.3) is 0 Å². The number of hydrogen-bond acceptors (Lipinski definition) is 4. The van der Waals surface area contributed by atoms with E-state index in [1.165, 1.54) is 0 Å². The molecule has 3 N–H and O–H groups in total. The van der Waals surface area contributed by atoms with Crippen LogP contribution in [0.5, 0.6) is 5.75 Å². The third-order valence-corrected chi connectivity index (χ3v) is 4.09. The van der Waals surface area contributed by atoms with Gasteiger partial charge < -0.3 is 4.74 Å².